The molecule has 29 heavy (non-hydrogen) atoms. The summed E-state index contributed by atoms with van der Waals surface area (Å²) in [5.74, 6) is 1.44. The van der Waals surface area contributed by atoms with Crippen molar-refractivity contribution in [3.05, 3.63) is 54.4 Å². The first-order valence-electron chi connectivity index (χ1n) is 10.4. The summed E-state index contributed by atoms with van der Waals surface area (Å²) in [6, 6.07) is 7.55. The van der Waals surface area contributed by atoms with Crippen LogP contribution in [-0.2, 0) is 5.41 Å². The highest BCUT2D eigenvalue weighted by Crippen LogP contribution is 2.49. The van der Waals surface area contributed by atoms with Crippen LogP contribution in [0.4, 0.5) is 4.39 Å². The van der Waals surface area contributed by atoms with Crippen molar-refractivity contribution in [1.29, 1.82) is 0 Å². The van der Waals surface area contributed by atoms with Crippen molar-refractivity contribution < 1.29 is 4.39 Å². The molecule has 1 saturated heterocycles. The summed E-state index contributed by atoms with van der Waals surface area (Å²) in [7, 11) is 0. The topological polar surface area (TPSA) is 45.5 Å². The van der Waals surface area contributed by atoms with E-state index in [2.05, 4.69) is 33.6 Å². The third-order valence-electron chi connectivity index (χ3n) is 6.29. The molecule has 2 unspecified atom stereocenters. The second-order valence-corrected chi connectivity index (χ2v) is 8.22. The average Bonchev–Trinajstić information content (AvgIpc) is 3.28. The van der Waals surface area contributed by atoms with Gasteiger partial charge in [0.05, 0.1) is 18.9 Å². The minimum absolute atomic E-state index is 0. The van der Waals surface area contributed by atoms with Crippen molar-refractivity contribution in [2.24, 2.45) is 10.9 Å². The van der Waals surface area contributed by atoms with Gasteiger partial charge >= 0.3 is 0 Å². The van der Waals surface area contributed by atoms with Crippen molar-refractivity contribution in [2.45, 2.75) is 44.6 Å². The van der Waals surface area contributed by atoms with Crippen LogP contribution >= 0.6 is 24.0 Å². The van der Waals surface area contributed by atoms with Crippen LogP contribution in [0.25, 0.3) is 0 Å². The van der Waals surface area contributed by atoms with Gasteiger partial charge in [0, 0.05) is 37.4 Å². The van der Waals surface area contributed by atoms with Gasteiger partial charge in [-0.1, -0.05) is 25.1 Å². The molecular formula is C22H31FIN5. The van der Waals surface area contributed by atoms with Crippen molar-refractivity contribution >= 4 is 29.9 Å². The van der Waals surface area contributed by atoms with Gasteiger partial charge in [0.1, 0.15) is 5.82 Å². The predicted molar refractivity (Wildman–Crippen MR) is 125 cm³/mol. The number of aliphatic imine (C=N–C) groups is 1. The molecule has 4 rings (SSSR count). The average molecular weight is 511 g/mol. The van der Waals surface area contributed by atoms with Gasteiger partial charge in [0.15, 0.2) is 5.96 Å². The molecule has 5 nitrogen and oxygen atoms in total. The summed E-state index contributed by atoms with van der Waals surface area (Å²) in [6.07, 6.45) is 8.93. The maximum atomic E-state index is 14.3. The molecule has 0 bridgehead atoms. The van der Waals surface area contributed by atoms with Gasteiger partial charge in [-0.25, -0.2) is 9.37 Å². The van der Waals surface area contributed by atoms with Crippen LogP contribution in [-0.4, -0.2) is 46.6 Å². The first-order valence-corrected chi connectivity index (χ1v) is 10.4. The van der Waals surface area contributed by atoms with Crippen LogP contribution in [0, 0.1) is 11.7 Å². The molecule has 7 heteroatoms. The number of guanidine groups is 1. The number of nitrogens with one attached hydrogen (secondary N) is 1. The van der Waals surface area contributed by atoms with E-state index >= 15 is 0 Å². The number of rotatable bonds is 5. The normalized spacial score (nSPS) is 23.4. The molecule has 0 radical (unpaired) electrons. The lowest BCUT2D eigenvalue weighted by Gasteiger charge is -2.39. The van der Waals surface area contributed by atoms with E-state index in [9.17, 15) is 4.39 Å². The Labute approximate surface area is 189 Å². The van der Waals surface area contributed by atoms with Crippen LogP contribution < -0.4 is 5.32 Å². The van der Waals surface area contributed by atoms with E-state index in [0.29, 0.717) is 18.5 Å². The molecule has 0 amide bonds. The highest BCUT2D eigenvalue weighted by molar-refractivity contribution is 14.0. The number of halogens is 2. The zero-order valence-electron chi connectivity index (χ0n) is 17.2. The number of aromatic nitrogens is 2. The fourth-order valence-electron chi connectivity index (χ4n) is 4.30. The third-order valence-corrected chi connectivity index (χ3v) is 6.29. The van der Waals surface area contributed by atoms with E-state index in [1.807, 2.05) is 30.9 Å². The Hall–Kier alpha value is -1.64. The Morgan fingerprint density at radius 2 is 2.14 bits per heavy atom. The fourth-order valence-corrected chi connectivity index (χ4v) is 4.30. The summed E-state index contributed by atoms with van der Waals surface area (Å²) < 4.78 is 16.5. The molecule has 158 valence electrons. The van der Waals surface area contributed by atoms with E-state index in [4.69, 9.17) is 4.99 Å². The number of benzene rings is 1. The highest BCUT2D eigenvalue weighted by Gasteiger charge is 2.46. The molecule has 2 heterocycles. The number of nitrogens with zero attached hydrogens (tertiary/aromatic N) is 4. The number of likely N-dealkylation sites (tertiary alicyclic amines) is 1. The van der Waals surface area contributed by atoms with Crippen LogP contribution in [0.5, 0.6) is 0 Å². The molecule has 2 aromatic rings. The molecular weight excluding hydrogens is 480 g/mol. The SMILES string of the molecule is CCNC(=NCC1(c2ccccc2F)CC1)N1CCC(C)C(n2ccnc2)C1.I. The Balaban J connectivity index is 0.00000240. The van der Waals surface area contributed by atoms with E-state index in [0.717, 1.165) is 50.4 Å². The van der Waals surface area contributed by atoms with Crippen LogP contribution in [0.2, 0.25) is 0 Å². The molecule has 1 aliphatic heterocycles. The summed E-state index contributed by atoms with van der Waals surface area (Å²) in [6.45, 7) is 7.77. The Morgan fingerprint density at radius 3 is 2.79 bits per heavy atom. The van der Waals surface area contributed by atoms with Crippen LogP contribution in [0.15, 0.2) is 48.0 Å². The Kier molecular flexibility index (Phi) is 7.19. The highest BCUT2D eigenvalue weighted by atomic mass is 127. The van der Waals surface area contributed by atoms with Crippen molar-refractivity contribution in [3.63, 3.8) is 0 Å². The van der Waals surface area contributed by atoms with Gasteiger partial charge in [-0.15, -0.1) is 24.0 Å². The van der Waals surface area contributed by atoms with E-state index in [1.165, 1.54) is 0 Å². The fraction of sp³-hybridized carbons (Fsp3) is 0.545. The number of hydrogen-bond acceptors (Lipinski definition) is 2. The van der Waals surface area contributed by atoms with E-state index < -0.39 is 0 Å². The summed E-state index contributed by atoms with van der Waals surface area (Å²) in [4.78, 5) is 11.5. The van der Waals surface area contributed by atoms with Crippen molar-refractivity contribution in [2.75, 3.05) is 26.2 Å². The first kappa shape index (κ1) is 22.1. The van der Waals surface area contributed by atoms with E-state index in [1.54, 1.807) is 12.1 Å². The van der Waals surface area contributed by atoms with Gasteiger partial charge in [-0.3, -0.25) is 4.99 Å². The Morgan fingerprint density at radius 1 is 1.34 bits per heavy atom. The molecule has 2 atom stereocenters. The number of hydrogen-bond donors (Lipinski definition) is 1. The molecule has 1 saturated carbocycles. The summed E-state index contributed by atoms with van der Waals surface area (Å²) >= 11 is 0. The summed E-state index contributed by atoms with van der Waals surface area (Å²) in [5, 5.41) is 3.46. The lowest BCUT2D eigenvalue weighted by Crippen LogP contribution is -2.49. The molecule has 0 spiro atoms. The second-order valence-electron chi connectivity index (χ2n) is 8.22. The van der Waals surface area contributed by atoms with Crippen LogP contribution in [0.3, 0.4) is 0 Å². The van der Waals surface area contributed by atoms with Crippen molar-refractivity contribution in [3.8, 4) is 0 Å². The molecule has 1 N–H and O–H groups in total. The predicted octanol–water partition coefficient (Wildman–Crippen LogP) is 4.22. The smallest absolute Gasteiger partial charge is 0.194 e. The quantitative estimate of drug-likeness (QED) is 0.372. The number of piperidine rings is 1. The van der Waals surface area contributed by atoms with Gasteiger partial charge in [0.25, 0.3) is 0 Å². The minimum Gasteiger partial charge on any atom is -0.357 e. The van der Waals surface area contributed by atoms with Crippen LogP contribution in [0.1, 0.15) is 44.7 Å². The minimum atomic E-state index is -0.126. The standard InChI is InChI=1S/C22H30FN5.HI/c1-3-25-21(26-15-22(9-10-22)18-6-4-5-7-19(18)23)27-12-8-17(2)20(14-27)28-13-11-24-16-28;/h4-7,11,13,16-17,20H,3,8-10,12,14-15H2,1-2H3,(H,25,26);1H. The molecule has 1 aromatic heterocycles. The first-order chi connectivity index (χ1) is 13.6. The maximum Gasteiger partial charge on any atom is 0.194 e. The third kappa shape index (κ3) is 4.75. The Bertz CT molecular complexity index is 818. The lowest BCUT2D eigenvalue weighted by atomic mass is 9.93. The largest absolute Gasteiger partial charge is 0.357 e. The molecule has 1 aliphatic carbocycles. The zero-order chi connectivity index (χ0) is 19.6. The van der Waals surface area contributed by atoms with Gasteiger partial charge < -0.3 is 14.8 Å². The van der Waals surface area contributed by atoms with Crippen molar-refractivity contribution in [1.82, 2.24) is 19.8 Å². The van der Waals surface area contributed by atoms with Gasteiger partial charge in [-0.05, 0) is 43.7 Å². The lowest BCUT2D eigenvalue weighted by molar-refractivity contribution is 0.189. The maximum absolute atomic E-state index is 14.3. The summed E-state index contributed by atoms with van der Waals surface area (Å²) in [5.41, 5.74) is 0.692. The van der Waals surface area contributed by atoms with Gasteiger partial charge in [-0.2, -0.15) is 0 Å². The molecule has 2 fully saturated rings. The number of imidazole rings is 1. The zero-order valence-corrected chi connectivity index (χ0v) is 19.6. The second kappa shape index (κ2) is 9.45. The monoisotopic (exact) mass is 511 g/mol. The molecule has 2 aliphatic rings. The van der Waals surface area contributed by atoms with E-state index in [-0.39, 0.29) is 35.2 Å². The molecule has 1 aromatic carbocycles. The van der Waals surface area contributed by atoms with Gasteiger partial charge in [0.2, 0.25) is 0 Å².